The lowest BCUT2D eigenvalue weighted by Gasteiger charge is -2.45. The Bertz CT molecular complexity index is 970. The Morgan fingerprint density at radius 1 is 0.596 bits per heavy atom. The van der Waals surface area contributed by atoms with Gasteiger partial charge in [0.05, 0.1) is 51.7 Å². The summed E-state index contributed by atoms with van der Waals surface area (Å²) in [7, 11) is 0. The van der Waals surface area contributed by atoms with Gasteiger partial charge in [0.2, 0.25) is 0 Å². The number of carboxylic acid groups (broad SMARTS) is 5. The Morgan fingerprint density at radius 2 is 0.979 bits per heavy atom. The molecule has 0 aliphatic heterocycles. The van der Waals surface area contributed by atoms with Crippen molar-refractivity contribution in [3.8, 4) is 0 Å². The van der Waals surface area contributed by atoms with Crippen molar-refractivity contribution in [3.63, 3.8) is 0 Å². The second-order valence-corrected chi connectivity index (χ2v) is 13.4. The number of carbonyl (C=O) groups is 6. The molecule has 0 aromatic rings. The fourth-order valence-corrected chi connectivity index (χ4v) is 7.52. The van der Waals surface area contributed by atoms with E-state index in [2.05, 4.69) is 0 Å². The molecule has 1 amide bonds. The first kappa shape index (κ1) is 40.0. The molecule has 15 nitrogen and oxygen atoms in total. The van der Waals surface area contributed by atoms with Gasteiger partial charge in [-0.1, -0.05) is 38.5 Å². The molecule has 0 aromatic carbocycles. The second-order valence-electron chi connectivity index (χ2n) is 13.4. The third-order valence-electron chi connectivity index (χ3n) is 9.86. The number of amides is 1. The third-order valence-corrected chi connectivity index (χ3v) is 9.86. The van der Waals surface area contributed by atoms with Crippen molar-refractivity contribution in [2.24, 2.45) is 23.5 Å². The summed E-state index contributed by atoms with van der Waals surface area (Å²) in [4.78, 5) is 75.7. The highest BCUT2D eigenvalue weighted by Gasteiger charge is 2.48. The molecule has 2 rings (SSSR count). The number of carboxylic acids is 5. The Kier molecular flexibility index (Phi) is 17.3. The van der Waals surface area contributed by atoms with Crippen molar-refractivity contribution in [2.45, 2.75) is 89.5 Å². The summed E-state index contributed by atoms with van der Waals surface area (Å²) in [5, 5.41) is 47.3. The van der Waals surface area contributed by atoms with Crippen LogP contribution in [0.3, 0.4) is 0 Å². The molecular formula is C32H55N4O11+. The highest BCUT2D eigenvalue weighted by atomic mass is 16.4. The summed E-state index contributed by atoms with van der Waals surface area (Å²) in [6, 6.07) is -1.09. The molecular weight excluding hydrogens is 616 g/mol. The largest absolute Gasteiger partial charge is 0.480 e. The summed E-state index contributed by atoms with van der Waals surface area (Å²) in [6.07, 6.45) is 10.7. The molecule has 0 bridgehead atoms. The van der Waals surface area contributed by atoms with Crippen LogP contribution in [0, 0.1) is 17.8 Å². The lowest BCUT2D eigenvalue weighted by Crippen LogP contribution is -2.63. The molecule has 1 atom stereocenters. The number of carbonyl (C=O) groups excluding carboxylic acids is 1. The Balaban J connectivity index is 2.59. The first-order valence-electron chi connectivity index (χ1n) is 16.9. The fraction of sp³-hybridized carbons (Fsp3) is 0.812. The van der Waals surface area contributed by atoms with E-state index in [4.69, 9.17) is 5.73 Å². The minimum absolute atomic E-state index is 0.0360. The zero-order valence-electron chi connectivity index (χ0n) is 27.5. The van der Waals surface area contributed by atoms with Crippen LogP contribution in [0.15, 0.2) is 0 Å². The number of nitrogens with zero attached hydrogens (tertiary/aromatic N) is 3. The van der Waals surface area contributed by atoms with Gasteiger partial charge in [-0.05, 0) is 56.8 Å². The Labute approximate surface area is 276 Å². The summed E-state index contributed by atoms with van der Waals surface area (Å²) < 4.78 is -0.217. The van der Waals surface area contributed by atoms with Crippen LogP contribution in [0.4, 0.5) is 0 Å². The minimum Gasteiger partial charge on any atom is -0.480 e. The highest BCUT2D eigenvalue weighted by molar-refractivity contribution is 5.74. The summed E-state index contributed by atoms with van der Waals surface area (Å²) in [5.74, 6) is -6.14. The highest BCUT2D eigenvalue weighted by Crippen LogP contribution is 2.42. The number of unbranched alkanes of at least 4 members (excludes halogenated alkanes) is 1. The van der Waals surface area contributed by atoms with Crippen molar-refractivity contribution < 1.29 is 58.8 Å². The number of aliphatic carboxylic acids is 5. The van der Waals surface area contributed by atoms with Crippen LogP contribution in [-0.4, -0.2) is 141 Å². The van der Waals surface area contributed by atoms with Gasteiger partial charge in [0.15, 0.2) is 0 Å². The maximum absolute atomic E-state index is 15.3. The predicted molar refractivity (Wildman–Crippen MR) is 169 cm³/mol. The zero-order valence-corrected chi connectivity index (χ0v) is 27.5. The summed E-state index contributed by atoms with van der Waals surface area (Å²) in [5.41, 5.74) is 5.74. The van der Waals surface area contributed by atoms with Gasteiger partial charge in [-0.2, -0.15) is 0 Å². The van der Waals surface area contributed by atoms with E-state index in [1.165, 1.54) is 9.80 Å². The summed E-state index contributed by atoms with van der Waals surface area (Å²) >= 11 is 0. The zero-order chi connectivity index (χ0) is 35.0. The molecule has 268 valence electrons. The van der Waals surface area contributed by atoms with Crippen molar-refractivity contribution in [2.75, 3.05) is 58.9 Å². The molecule has 2 saturated carbocycles. The van der Waals surface area contributed by atoms with Crippen LogP contribution in [0.1, 0.15) is 83.5 Å². The third kappa shape index (κ3) is 14.3. The molecule has 0 heterocycles. The second kappa shape index (κ2) is 20.3. The first-order chi connectivity index (χ1) is 22.2. The number of hydrogen-bond acceptors (Lipinski definition) is 9. The van der Waals surface area contributed by atoms with E-state index in [1.807, 2.05) is 0 Å². The molecule has 2 aliphatic carbocycles. The topological polar surface area (TPSA) is 236 Å². The van der Waals surface area contributed by atoms with Crippen LogP contribution in [0.5, 0.6) is 0 Å². The van der Waals surface area contributed by atoms with Crippen molar-refractivity contribution in [1.29, 1.82) is 0 Å². The predicted octanol–water partition coefficient (Wildman–Crippen LogP) is 1.63. The van der Waals surface area contributed by atoms with Gasteiger partial charge in [0, 0.05) is 13.1 Å². The standard InChI is InChI=1S/C32H54N4O11/c33-25(32(46)47)13-7-8-16-36(17-14-34(19-26(37)38)20-27(39)40,18-15-35(21-28(41)42)22-29(43)44)31(45)30(23-9-3-1-4-10-23)24-11-5-2-6-12-24/h23-25,30H,1-22,33H2,(H4-,37,38,39,40,41,42,43,44,46,47)/p+1/t25-/m0/s1. The van der Waals surface area contributed by atoms with Gasteiger partial charge in [-0.25, -0.2) is 4.79 Å². The average Bonchev–Trinajstić information content (AvgIpc) is 3.00. The lowest BCUT2D eigenvalue weighted by atomic mass is 9.68. The van der Waals surface area contributed by atoms with E-state index in [1.54, 1.807) is 0 Å². The van der Waals surface area contributed by atoms with Crippen molar-refractivity contribution in [3.05, 3.63) is 0 Å². The number of hydrogen-bond donors (Lipinski definition) is 6. The first-order valence-corrected chi connectivity index (χ1v) is 16.9. The van der Waals surface area contributed by atoms with E-state index in [0.717, 1.165) is 64.2 Å². The van der Waals surface area contributed by atoms with Gasteiger partial charge in [-0.3, -0.25) is 38.3 Å². The molecule has 7 N–H and O–H groups in total. The van der Waals surface area contributed by atoms with E-state index < -0.39 is 62.1 Å². The SMILES string of the molecule is N[C@@H](CCCC[N+](CCN(CC(=O)O)CC(=O)O)(CCN(CC(=O)O)CC(=O)O)C(=O)C(C1CCCCC1)C1CCCCC1)C(=O)O. The van der Waals surface area contributed by atoms with Gasteiger partial charge in [0.25, 0.3) is 0 Å². The van der Waals surface area contributed by atoms with Crippen LogP contribution < -0.4 is 5.73 Å². The van der Waals surface area contributed by atoms with E-state index >= 15 is 4.79 Å². The van der Waals surface area contributed by atoms with Gasteiger partial charge >= 0.3 is 35.8 Å². The van der Waals surface area contributed by atoms with Crippen LogP contribution in [0.25, 0.3) is 0 Å². The van der Waals surface area contributed by atoms with Gasteiger partial charge in [-0.15, -0.1) is 0 Å². The summed E-state index contributed by atoms with van der Waals surface area (Å²) in [6.45, 7) is -2.08. The fourth-order valence-electron chi connectivity index (χ4n) is 7.52. The monoisotopic (exact) mass is 671 g/mol. The molecule has 0 aromatic heterocycles. The quantitative estimate of drug-likeness (QED) is 0.0669. The van der Waals surface area contributed by atoms with Crippen molar-refractivity contribution >= 4 is 35.8 Å². The Morgan fingerprint density at radius 3 is 1.32 bits per heavy atom. The Hall–Kier alpha value is -3.14. The molecule has 0 spiro atoms. The smallest absolute Gasteiger partial charge is 0.320 e. The van der Waals surface area contributed by atoms with E-state index in [0.29, 0.717) is 12.8 Å². The lowest BCUT2D eigenvalue weighted by molar-refractivity contribution is -0.856. The molecule has 15 heteroatoms. The molecule has 2 aliphatic rings. The number of quaternary nitrogens is 1. The van der Waals surface area contributed by atoms with E-state index in [9.17, 15) is 49.5 Å². The maximum Gasteiger partial charge on any atom is 0.320 e. The van der Waals surface area contributed by atoms with E-state index in [-0.39, 0.29) is 67.3 Å². The molecule has 0 unspecified atom stereocenters. The van der Waals surface area contributed by atoms with Gasteiger partial charge < -0.3 is 31.3 Å². The molecule has 2 fully saturated rings. The normalized spacial score (nSPS) is 17.2. The molecule has 0 saturated heterocycles. The molecule has 47 heavy (non-hydrogen) atoms. The average molecular weight is 672 g/mol. The minimum atomic E-state index is -1.23. The number of nitrogens with two attached hydrogens (primary N) is 1. The van der Waals surface area contributed by atoms with Crippen LogP contribution >= 0.6 is 0 Å². The van der Waals surface area contributed by atoms with Crippen LogP contribution in [-0.2, 0) is 28.8 Å². The van der Waals surface area contributed by atoms with Gasteiger partial charge in [0.1, 0.15) is 6.04 Å². The molecule has 0 radical (unpaired) electrons. The number of rotatable bonds is 23. The van der Waals surface area contributed by atoms with Crippen LogP contribution in [0.2, 0.25) is 0 Å². The van der Waals surface area contributed by atoms with Crippen molar-refractivity contribution in [1.82, 2.24) is 9.80 Å². The maximum atomic E-state index is 15.3.